The predicted octanol–water partition coefficient (Wildman–Crippen LogP) is 3.87. The molecule has 6 heteroatoms. The van der Waals surface area contributed by atoms with Gasteiger partial charge in [0, 0.05) is 6.92 Å². The van der Waals surface area contributed by atoms with Gasteiger partial charge >= 0.3 is 5.97 Å². The first kappa shape index (κ1) is 19.5. The van der Waals surface area contributed by atoms with E-state index in [4.69, 9.17) is 9.47 Å². The normalized spacial score (nSPS) is 10.6. The summed E-state index contributed by atoms with van der Waals surface area (Å²) in [5.74, 6) is -0.0408. The summed E-state index contributed by atoms with van der Waals surface area (Å²) in [5, 5.41) is 0. The first-order valence-electron chi connectivity index (χ1n) is 9.37. The molecule has 0 spiro atoms. The third-order valence-corrected chi connectivity index (χ3v) is 4.34. The first-order chi connectivity index (χ1) is 13.6. The van der Waals surface area contributed by atoms with Crippen molar-refractivity contribution in [1.82, 2.24) is 9.36 Å². The molecule has 0 aliphatic rings. The van der Waals surface area contributed by atoms with E-state index in [2.05, 4.69) is 6.92 Å². The van der Waals surface area contributed by atoms with Crippen molar-refractivity contribution in [3.63, 3.8) is 0 Å². The van der Waals surface area contributed by atoms with Gasteiger partial charge in [0.15, 0.2) is 0 Å². The molecule has 146 valence electrons. The number of esters is 1. The minimum atomic E-state index is -0.439. The fourth-order valence-corrected chi connectivity index (χ4v) is 3.02. The molecule has 0 atom stereocenters. The fraction of sp³-hybridized carbons (Fsp3) is 0.273. The average molecular weight is 380 g/mol. The van der Waals surface area contributed by atoms with Gasteiger partial charge in [-0.25, -0.2) is 9.36 Å². The van der Waals surface area contributed by atoms with E-state index in [9.17, 15) is 9.59 Å². The van der Waals surface area contributed by atoms with E-state index in [-0.39, 0.29) is 12.4 Å². The number of carbonyl (C=O) groups is 1. The zero-order chi connectivity index (χ0) is 19.9. The predicted molar refractivity (Wildman–Crippen MR) is 107 cm³/mol. The molecule has 0 aliphatic heterocycles. The van der Waals surface area contributed by atoms with Crippen molar-refractivity contribution in [2.24, 2.45) is 0 Å². The molecule has 0 radical (unpaired) electrons. The fourth-order valence-electron chi connectivity index (χ4n) is 3.02. The second kappa shape index (κ2) is 9.08. The Morgan fingerprint density at radius 3 is 2.04 bits per heavy atom. The van der Waals surface area contributed by atoms with Crippen LogP contribution in [0.1, 0.15) is 32.3 Å². The molecular formula is C22H24N2O4. The number of aromatic nitrogens is 2. The van der Waals surface area contributed by atoms with Crippen LogP contribution in [-0.4, -0.2) is 22.1 Å². The zero-order valence-corrected chi connectivity index (χ0v) is 16.1. The van der Waals surface area contributed by atoms with Gasteiger partial charge in [0.2, 0.25) is 12.7 Å². The molecule has 1 heterocycles. The molecule has 1 aromatic heterocycles. The van der Waals surface area contributed by atoms with E-state index < -0.39 is 5.97 Å². The number of carbonyl (C=O) groups excluding carboxylic acids is 1. The van der Waals surface area contributed by atoms with Crippen LogP contribution >= 0.6 is 0 Å². The van der Waals surface area contributed by atoms with Gasteiger partial charge in [-0.1, -0.05) is 49.7 Å². The summed E-state index contributed by atoms with van der Waals surface area (Å²) in [6.45, 7) is 3.14. The Balaban J connectivity index is 2.21. The van der Waals surface area contributed by atoms with E-state index in [0.29, 0.717) is 17.9 Å². The number of benzene rings is 2. The summed E-state index contributed by atoms with van der Waals surface area (Å²) in [7, 11) is 0. The van der Waals surface area contributed by atoms with E-state index in [1.165, 1.54) is 6.92 Å². The van der Waals surface area contributed by atoms with Crippen molar-refractivity contribution in [3.8, 4) is 17.3 Å². The lowest BCUT2D eigenvalue weighted by Gasteiger charge is -2.15. The summed E-state index contributed by atoms with van der Waals surface area (Å²) in [6.07, 6.45) is 2.38. The van der Waals surface area contributed by atoms with Crippen molar-refractivity contribution < 1.29 is 14.3 Å². The SMILES string of the molecule is CCCCc1c(OCOC(C)=O)n(-c2ccccc2)n(-c2ccccc2)c1=O. The van der Waals surface area contributed by atoms with Gasteiger partial charge in [-0.05, 0) is 37.1 Å². The lowest BCUT2D eigenvalue weighted by Crippen LogP contribution is -2.21. The molecule has 0 aliphatic carbocycles. The van der Waals surface area contributed by atoms with Gasteiger partial charge in [-0.3, -0.25) is 9.59 Å². The van der Waals surface area contributed by atoms with Crippen molar-refractivity contribution in [1.29, 1.82) is 0 Å². The summed E-state index contributed by atoms with van der Waals surface area (Å²) in [5.41, 5.74) is 1.95. The molecule has 3 rings (SSSR count). The van der Waals surface area contributed by atoms with Crippen LogP contribution in [0.3, 0.4) is 0 Å². The second-order valence-electron chi connectivity index (χ2n) is 6.39. The smallest absolute Gasteiger partial charge is 0.305 e. The van der Waals surface area contributed by atoms with Gasteiger partial charge < -0.3 is 9.47 Å². The largest absolute Gasteiger partial charge is 0.440 e. The maximum Gasteiger partial charge on any atom is 0.305 e. The zero-order valence-electron chi connectivity index (χ0n) is 16.1. The quantitative estimate of drug-likeness (QED) is 0.440. The molecule has 0 unspecified atom stereocenters. The molecule has 6 nitrogen and oxygen atoms in total. The number of nitrogens with zero attached hydrogens (tertiary/aromatic N) is 2. The van der Waals surface area contributed by atoms with Crippen LogP contribution < -0.4 is 10.3 Å². The second-order valence-corrected chi connectivity index (χ2v) is 6.39. The minimum Gasteiger partial charge on any atom is -0.440 e. The topological polar surface area (TPSA) is 62.5 Å². The molecule has 0 saturated heterocycles. The monoisotopic (exact) mass is 380 g/mol. The third kappa shape index (κ3) is 4.17. The van der Waals surface area contributed by atoms with E-state index >= 15 is 0 Å². The summed E-state index contributed by atoms with van der Waals surface area (Å²) < 4.78 is 14.1. The highest BCUT2D eigenvalue weighted by Crippen LogP contribution is 2.25. The Morgan fingerprint density at radius 2 is 1.50 bits per heavy atom. The maximum atomic E-state index is 13.3. The highest BCUT2D eigenvalue weighted by atomic mass is 16.7. The van der Waals surface area contributed by atoms with E-state index in [1.807, 2.05) is 60.7 Å². The van der Waals surface area contributed by atoms with E-state index in [1.54, 1.807) is 9.36 Å². The third-order valence-electron chi connectivity index (χ3n) is 4.34. The number of hydrogen-bond acceptors (Lipinski definition) is 4. The Kier molecular flexibility index (Phi) is 6.32. The van der Waals surface area contributed by atoms with Crippen LogP contribution in [0.2, 0.25) is 0 Å². The van der Waals surface area contributed by atoms with Gasteiger partial charge in [-0.15, -0.1) is 0 Å². The van der Waals surface area contributed by atoms with Crippen LogP contribution in [0.25, 0.3) is 11.4 Å². The van der Waals surface area contributed by atoms with Crippen LogP contribution in [0.4, 0.5) is 0 Å². The number of para-hydroxylation sites is 2. The van der Waals surface area contributed by atoms with E-state index in [0.717, 1.165) is 24.2 Å². The molecule has 0 saturated carbocycles. The van der Waals surface area contributed by atoms with Crippen LogP contribution in [0.15, 0.2) is 65.5 Å². The first-order valence-corrected chi connectivity index (χ1v) is 9.37. The standard InChI is InChI=1S/C22H24N2O4/c1-3-4-15-20-21(26)23(18-11-7-5-8-12-18)24(19-13-9-6-10-14-19)22(20)28-16-27-17(2)25/h5-14H,3-4,15-16H2,1-2H3. The van der Waals surface area contributed by atoms with Gasteiger partial charge in [-0.2, -0.15) is 0 Å². The number of ether oxygens (including phenoxy) is 2. The molecule has 3 aromatic rings. The van der Waals surface area contributed by atoms with Crippen molar-refractivity contribution in [3.05, 3.63) is 76.6 Å². The van der Waals surface area contributed by atoms with Crippen molar-refractivity contribution in [2.45, 2.75) is 33.1 Å². The number of rotatable bonds is 8. The minimum absolute atomic E-state index is 0.138. The Bertz CT molecular complexity index is 975. The van der Waals surface area contributed by atoms with Crippen molar-refractivity contribution in [2.75, 3.05) is 6.79 Å². The highest BCUT2D eigenvalue weighted by Gasteiger charge is 2.23. The molecule has 2 aromatic carbocycles. The Labute approximate surface area is 163 Å². The van der Waals surface area contributed by atoms with Crippen molar-refractivity contribution >= 4 is 5.97 Å². The molecule has 0 bridgehead atoms. The molecule has 28 heavy (non-hydrogen) atoms. The summed E-state index contributed by atoms with van der Waals surface area (Å²) in [6, 6.07) is 18.9. The van der Waals surface area contributed by atoms with Crippen LogP contribution in [0, 0.1) is 0 Å². The Morgan fingerprint density at radius 1 is 0.929 bits per heavy atom. The molecular weight excluding hydrogens is 356 g/mol. The maximum absolute atomic E-state index is 13.3. The summed E-state index contributed by atoms with van der Waals surface area (Å²) in [4.78, 5) is 24.5. The molecule has 0 N–H and O–H groups in total. The van der Waals surface area contributed by atoms with Gasteiger partial charge in [0.05, 0.1) is 16.9 Å². The van der Waals surface area contributed by atoms with Gasteiger partial charge in [0.25, 0.3) is 5.56 Å². The number of unbranched alkanes of at least 4 members (excludes halogenated alkanes) is 1. The molecule has 0 fully saturated rings. The van der Waals surface area contributed by atoms with Crippen LogP contribution in [-0.2, 0) is 16.0 Å². The lowest BCUT2D eigenvalue weighted by atomic mass is 10.1. The van der Waals surface area contributed by atoms with Gasteiger partial charge in [0.1, 0.15) is 0 Å². The summed E-state index contributed by atoms with van der Waals surface area (Å²) >= 11 is 0. The number of hydrogen-bond donors (Lipinski definition) is 0. The van der Waals surface area contributed by atoms with Crippen LogP contribution in [0.5, 0.6) is 5.88 Å². The average Bonchev–Trinajstić information content (AvgIpc) is 2.99. The Hall–Kier alpha value is -3.28. The molecule has 0 amide bonds. The highest BCUT2D eigenvalue weighted by molar-refractivity contribution is 5.65. The lowest BCUT2D eigenvalue weighted by molar-refractivity contribution is -0.147.